The van der Waals surface area contributed by atoms with Crippen molar-refractivity contribution in [3.05, 3.63) is 41.8 Å². The minimum absolute atomic E-state index is 0.479. The first-order valence-corrected chi connectivity index (χ1v) is 6.86. The average Bonchev–Trinajstić information content (AvgIpc) is 3.11. The maximum Gasteiger partial charge on any atom is 0.262 e. The Morgan fingerprint density at radius 2 is 2.11 bits per heavy atom. The molecule has 0 fully saturated rings. The van der Waals surface area contributed by atoms with E-state index in [-0.39, 0.29) is 0 Å². The van der Waals surface area contributed by atoms with Crippen molar-refractivity contribution in [1.82, 2.24) is 10.1 Å². The molecule has 5 heteroatoms. The SMILES string of the molecule is CCOc1ccccc1-c1nc(-c2cccs2)no1. The van der Waals surface area contributed by atoms with Gasteiger partial charge in [0.25, 0.3) is 5.89 Å². The van der Waals surface area contributed by atoms with E-state index in [1.54, 1.807) is 11.3 Å². The maximum absolute atomic E-state index is 5.57. The number of nitrogens with zero attached hydrogens (tertiary/aromatic N) is 2. The van der Waals surface area contributed by atoms with E-state index >= 15 is 0 Å². The predicted octanol–water partition coefficient (Wildman–Crippen LogP) is 3.86. The van der Waals surface area contributed by atoms with Crippen molar-refractivity contribution in [3.63, 3.8) is 0 Å². The van der Waals surface area contributed by atoms with E-state index in [2.05, 4.69) is 10.1 Å². The molecule has 3 rings (SSSR count). The molecule has 0 N–H and O–H groups in total. The van der Waals surface area contributed by atoms with Crippen LogP contribution in [0.25, 0.3) is 22.2 Å². The van der Waals surface area contributed by atoms with Crippen LogP contribution in [0.1, 0.15) is 6.92 Å². The zero-order valence-electron chi connectivity index (χ0n) is 10.4. The molecule has 3 aromatic rings. The van der Waals surface area contributed by atoms with Crippen molar-refractivity contribution >= 4 is 11.3 Å². The van der Waals surface area contributed by atoms with E-state index in [4.69, 9.17) is 9.26 Å². The number of thiophene rings is 1. The third-order valence-electron chi connectivity index (χ3n) is 2.58. The average molecular weight is 272 g/mol. The van der Waals surface area contributed by atoms with Crippen LogP contribution in [0, 0.1) is 0 Å². The van der Waals surface area contributed by atoms with Gasteiger partial charge in [0, 0.05) is 0 Å². The molecule has 0 aliphatic carbocycles. The third kappa shape index (κ3) is 2.37. The highest BCUT2D eigenvalue weighted by Crippen LogP contribution is 2.30. The lowest BCUT2D eigenvalue weighted by atomic mass is 10.2. The Morgan fingerprint density at radius 1 is 1.21 bits per heavy atom. The van der Waals surface area contributed by atoms with E-state index in [9.17, 15) is 0 Å². The molecule has 0 spiro atoms. The lowest BCUT2D eigenvalue weighted by Crippen LogP contribution is -1.93. The third-order valence-corrected chi connectivity index (χ3v) is 3.45. The lowest BCUT2D eigenvalue weighted by Gasteiger charge is -2.05. The quantitative estimate of drug-likeness (QED) is 0.723. The van der Waals surface area contributed by atoms with Crippen molar-refractivity contribution in [2.75, 3.05) is 6.61 Å². The monoisotopic (exact) mass is 272 g/mol. The van der Waals surface area contributed by atoms with Gasteiger partial charge >= 0.3 is 0 Å². The summed E-state index contributed by atoms with van der Waals surface area (Å²) in [6, 6.07) is 11.6. The Kier molecular flexibility index (Phi) is 3.29. The summed E-state index contributed by atoms with van der Waals surface area (Å²) in [4.78, 5) is 5.41. The molecule has 4 nitrogen and oxygen atoms in total. The van der Waals surface area contributed by atoms with Gasteiger partial charge in [-0.3, -0.25) is 0 Å². The molecule has 0 saturated heterocycles. The molecule has 0 unspecified atom stereocenters. The Bertz CT molecular complexity index is 662. The normalized spacial score (nSPS) is 10.6. The van der Waals surface area contributed by atoms with Gasteiger partial charge in [-0.15, -0.1) is 11.3 Å². The summed E-state index contributed by atoms with van der Waals surface area (Å²) in [6.45, 7) is 2.55. The first-order chi connectivity index (χ1) is 9.38. The second-order valence-corrected chi connectivity index (χ2v) is 4.78. The summed E-state index contributed by atoms with van der Waals surface area (Å²) >= 11 is 1.58. The number of aromatic nitrogens is 2. The zero-order chi connectivity index (χ0) is 13.1. The highest BCUT2D eigenvalue weighted by Gasteiger charge is 2.14. The van der Waals surface area contributed by atoms with Crippen LogP contribution in [-0.4, -0.2) is 16.7 Å². The van der Waals surface area contributed by atoms with Crippen LogP contribution in [-0.2, 0) is 0 Å². The summed E-state index contributed by atoms with van der Waals surface area (Å²) in [5.74, 6) is 1.84. The minimum atomic E-state index is 0.479. The summed E-state index contributed by atoms with van der Waals surface area (Å²) in [6.07, 6.45) is 0. The van der Waals surface area contributed by atoms with Crippen molar-refractivity contribution in [3.8, 4) is 27.9 Å². The Labute approximate surface area is 114 Å². The first kappa shape index (κ1) is 11.9. The molecule has 2 heterocycles. The summed E-state index contributed by atoms with van der Waals surface area (Å²) < 4.78 is 10.9. The number of para-hydroxylation sites is 1. The number of ether oxygens (including phenoxy) is 1. The van der Waals surface area contributed by atoms with Crippen LogP contribution >= 0.6 is 11.3 Å². The molecular weight excluding hydrogens is 260 g/mol. The number of hydrogen-bond donors (Lipinski definition) is 0. The van der Waals surface area contributed by atoms with Crippen molar-refractivity contribution in [2.45, 2.75) is 6.92 Å². The molecule has 0 amide bonds. The molecule has 19 heavy (non-hydrogen) atoms. The summed E-state index contributed by atoms with van der Waals surface area (Å²) in [5, 5.41) is 5.99. The van der Waals surface area contributed by atoms with E-state index in [1.165, 1.54) is 0 Å². The van der Waals surface area contributed by atoms with Gasteiger partial charge in [0.05, 0.1) is 17.0 Å². The van der Waals surface area contributed by atoms with E-state index in [0.717, 1.165) is 16.2 Å². The molecule has 0 bridgehead atoms. The Hall–Kier alpha value is -2.14. The van der Waals surface area contributed by atoms with E-state index in [0.29, 0.717) is 18.3 Å². The number of hydrogen-bond acceptors (Lipinski definition) is 5. The fourth-order valence-electron chi connectivity index (χ4n) is 1.76. The smallest absolute Gasteiger partial charge is 0.262 e. The predicted molar refractivity (Wildman–Crippen MR) is 74.2 cm³/mol. The van der Waals surface area contributed by atoms with Crippen molar-refractivity contribution < 1.29 is 9.26 Å². The van der Waals surface area contributed by atoms with Crippen LogP contribution < -0.4 is 4.74 Å². The Morgan fingerprint density at radius 3 is 2.89 bits per heavy atom. The highest BCUT2D eigenvalue weighted by molar-refractivity contribution is 7.13. The van der Waals surface area contributed by atoms with Gasteiger partial charge in [0.15, 0.2) is 0 Å². The van der Waals surface area contributed by atoms with Gasteiger partial charge in [-0.1, -0.05) is 23.4 Å². The summed E-state index contributed by atoms with van der Waals surface area (Å²) in [5.41, 5.74) is 0.819. The standard InChI is InChI=1S/C14H12N2O2S/c1-2-17-11-7-4-3-6-10(11)14-15-13(16-18-14)12-8-5-9-19-12/h3-9H,2H2,1H3. The topological polar surface area (TPSA) is 48.2 Å². The molecule has 0 atom stereocenters. The van der Waals surface area contributed by atoms with Crippen LogP contribution in [0.15, 0.2) is 46.3 Å². The van der Waals surface area contributed by atoms with Gasteiger partial charge in [-0.25, -0.2) is 0 Å². The zero-order valence-corrected chi connectivity index (χ0v) is 11.2. The van der Waals surface area contributed by atoms with Gasteiger partial charge in [-0.05, 0) is 30.5 Å². The fourth-order valence-corrected chi connectivity index (χ4v) is 2.41. The molecule has 0 saturated carbocycles. The van der Waals surface area contributed by atoms with Gasteiger partial charge in [-0.2, -0.15) is 4.98 Å². The van der Waals surface area contributed by atoms with Crippen molar-refractivity contribution in [1.29, 1.82) is 0 Å². The maximum atomic E-state index is 5.57. The molecular formula is C14H12N2O2S. The molecule has 1 aromatic carbocycles. The molecule has 0 radical (unpaired) electrons. The first-order valence-electron chi connectivity index (χ1n) is 5.98. The van der Waals surface area contributed by atoms with Crippen molar-refractivity contribution in [2.24, 2.45) is 0 Å². The fraction of sp³-hybridized carbons (Fsp3) is 0.143. The largest absolute Gasteiger partial charge is 0.493 e. The van der Waals surface area contributed by atoms with Crippen LogP contribution in [0.2, 0.25) is 0 Å². The van der Waals surface area contributed by atoms with Gasteiger partial charge < -0.3 is 9.26 Å². The van der Waals surface area contributed by atoms with Crippen LogP contribution in [0.4, 0.5) is 0 Å². The highest BCUT2D eigenvalue weighted by atomic mass is 32.1. The Balaban J connectivity index is 1.99. The lowest BCUT2D eigenvalue weighted by molar-refractivity contribution is 0.339. The molecule has 96 valence electrons. The summed E-state index contributed by atoms with van der Waals surface area (Å²) in [7, 11) is 0. The minimum Gasteiger partial charge on any atom is -0.493 e. The second kappa shape index (κ2) is 5.24. The molecule has 0 aliphatic rings. The number of rotatable bonds is 4. The van der Waals surface area contributed by atoms with E-state index < -0.39 is 0 Å². The number of benzene rings is 1. The van der Waals surface area contributed by atoms with Gasteiger partial charge in [0.2, 0.25) is 5.82 Å². The molecule has 2 aromatic heterocycles. The van der Waals surface area contributed by atoms with E-state index in [1.807, 2.05) is 48.7 Å². The van der Waals surface area contributed by atoms with Gasteiger partial charge in [0.1, 0.15) is 5.75 Å². The van der Waals surface area contributed by atoms with Crippen LogP contribution in [0.3, 0.4) is 0 Å². The molecule has 0 aliphatic heterocycles. The van der Waals surface area contributed by atoms with Crippen LogP contribution in [0.5, 0.6) is 5.75 Å². The second-order valence-electron chi connectivity index (χ2n) is 3.83.